The number of nitrogens with one attached hydrogen (secondary N) is 1. The van der Waals surface area contributed by atoms with Gasteiger partial charge in [0.25, 0.3) is 0 Å². The van der Waals surface area contributed by atoms with Gasteiger partial charge >= 0.3 is 0 Å². The van der Waals surface area contributed by atoms with Gasteiger partial charge in [0.15, 0.2) is 11.7 Å². The van der Waals surface area contributed by atoms with Crippen molar-refractivity contribution in [2.24, 2.45) is 4.99 Å². The summed E-state index contributed by atoms with van der Waals surface area (Å²) in [4.78, 5) is 6.68. The van der Waals surface area contributed by atoms with Crippen LogP contribution in [0.25, 0.3) is 0 Å². The Balaban J connectivity index is 1.52. The van der Waals surface area contributed by atoms with Crippen molar-refractivity contribution >= 4 is 5.96 Å². The zero-order valence-electron chi connectivity index (χ0n) is 14.1. The molecule has 1 N–H and O–H groups in total. The molecule has 23 heavy (non-hydrogen) atoms. The van der Waals surface area contributed by atoms with Crippen LogP contribution in [0, 0.1) is 0 Å². The van der Waals surface area contributed by atoms with Gasteiger partial charge in [0.05, 0.1) is 13.2 Å². The van der Waals surface area contributed by atoms with Crippen molar-refractivity contribution in [3.8, 4) is 0 Å². The predicted molar refractivity (Wildman–Crippen MR) is 91.3 cm³/mol. The smallest absolute Gasteiger partial charge is 0.193 e. The van der Waals surface area contributed by atoms with E-state index in [1.165, 1.54) is 18.4 Å². The average Bonchev–Trinajstić information content (AvgIpc) is 3.18. The number of rotatable bonds is 4. The maximum Gasteiger partial charge on any atom is 0.193 e. The maximum absolute atomic E-state index is 6.14. The summed E-state index contributed by atoms with van der Waals surface area (Å²) in [7, 11) is 4.00. The normalized spacial score (nSPS) is 23.4. The molecule has 5 nitrogen and oxygen atoms in total. The average molecular weight is 317 g/mol. The molecule has 126 valence electrons. The fraction of sp³-hybridized carbons (Fsp3) is 0.611. The monoisotopic (exact) mass is 317 g/mol. The number of hydrogen-bond donors (Lipinski definition) is 1. The Morgan fingerprint density at radius 1 is 1.26 bits per heavy atom. The number of hydrogen-bond acceptors (Lipinski definition) is 3. The topological polar surface area (TPSA) is 46.1 Å². The number of ether oxygens (including phenoxy) is 2. The lowest BCUT2D eigenvalue weighted by molar-refractivity contribution is -0.160. The molecule has 1 heterocycles. The summed E-state index contributed by atoms with van der Waals surface area (Å²) in [5.74, 6) is 0.594. The summed E-state index contributed by atoms with van der Waals surface area (Å²) >= 11 is 0. The van der Waals surface area contributed by atoms with Gasteiger partial charge in [-0.3, -0.25) is 0 Å². The molecular weight excluding hydrogens is 290 g/mol. The second kappa shape index (κ2) is 7.32. The minimum Gasteiger partial charge on any atom is -0.354 e. The number of benzene rings is 1. The maximum atomic E-state index is 6.14. The first-order valence-corrected chi connectivity index (χ1v) is 8.48. The van der Waals surface area contributed by atoms with Crippen LogP contribution in [-0.2, 0) is 16.0 Å². The molecule has 1 unspecified atom stereocenters. The van der Waals surface area contributed by atoms with Gasteiger partial charge in [-0.25, -0.2) is 4.99 Å². The molecule has 0 bridgehead atoms. The first-order chi connectivity index (χ1) is 11.2. The first kappa shape index (κ1) is 16.3. The molecule has 1 atom stereocenters. The zero-order chi connectivity index (χ0) is 16.1. The Morgan fingerprint density at radius 3 is 2.70 bits per heavy atom. The molecule has 0 amide bonds. The van der Waals surface area contributed by atoms with Gasteiger partial charge in [-0.1, -0.05) is 30.3 Å². The predicted octanol–water partition coefficient (Wildman–Crippen LogP) is 2.38. The van der Waals surface area contributed by atoms with Gasteiger partial charge in [0.2, 0.25) is 0 Å². The van der Waals surface area contributed by atoms with Gasteiger partial charge in [-0.05, 0) is 18.4 Å². The number of nitrogens with zero attached hydrogens (tertiary/aromatic N) is 2. The molecule has 1 saturated heterocycles. The van der Waals surface area contributed by atoms with Gasteiger partial charge in [0.1, 0.15) is 6.10 Å². The van der Waals surface area contributed by atoms with Crippen molar-refractivity contribution in [3.05, 3.63) is 35.9 Å². The van der Waals surface area contributed by atoms with E-state index in [2.05, 4.69) is 22.4 Å². The van der Waals surface area contributed by atoms with E-state index in [-0.39, 0.29) is 11.9 Å². The third kappa shape index (κ3) is 4.24. The molecule has 1 aliphatic carbocycles. The van der Waals surface area contributed by atoms with Crippen molar-refractivity contribution in [2.45, 2.75) is 44.1 Å². The molecule has 2 fully saturated rings. The Kier molecular flexibility index (Phi) is 5.18. The molecular formula is C18H27N3O2. The van der Waals surface area contributed by atoms with Crippen LogP contribution in [0.4, 0.5) is 0 Å². The molecule has 1 saturated carbocycles. The second-order valence-corrected chi connectivity index (χ2v) is 6.57. The number of guanidine groups is 1. The minimum absolute atomic E-state index is 0.106. The summed E-state index contributed by atoms with van der Waals surface area (Å²) in [6.45, 7) is 2.08. The van der Waals surface area contributed by atoms with E-state index in [1.807, 2.05) is 37.2 Å². The van der Waals surface area contributed by atoms with Gasteiger partial charge < -0.3 is 19.7 Å². The molecule has 2 aliphatic rings. The highest BCUT2D eigenvalue weighted by atomic mass is 16.7. The summed E-state index contributed by atoms with van der Waals surface area (Å²) in [6.07, 6.45) is 4.59. The van der Waals surface area contributed by atoms with Gasteiger partial charge in [0, 0.05) is 33.5 Å². The quantitative estimate of drug-likeness (QED) is 0.684. The van der Waals surface area contributed by atoms with Crippen LogP contribution < -0.4 is 5.32 Å². The molecule has 3 rings (SSSR count). The Bertz CT molecular complexity index is 524. The highest BCUT2D eigenvalue weighted by Crippen LogP contribution is 2.38. The van der Waals surface area contributed by atoms with Crippen molar-refractivity contribution in [1.82, 2.24) is 10.2 Å². The summed E-state index contributed by atoms with van der Waals surface area (Å²) in [5.41, 5.74) is 1.21. The van der Waals surface area contributed by atoms with Crippen molar-refractivity contribution < 1.29 is 9.47 Å². The van der Waals surface area contributed by atoms with Crippen molar-refractivity contribution in [2.75, 3.05) is 27.2 Å². The van der Waals surface area contributed by atoms with E-state index >= 15 is 0 Å². The van der Waals surface area contributed by atoms with E-state index in [4.69, 9.17) is 9.47 Å². The van der Waals surface area contributed by atoms with E-state index in [1.54, 1.807) is 0 Å². The molecule has 5 heteroatoms. The lowest BCUT2D eigenvalue weighted by Crippen LogP contribution is -2.41. The van der Waals surface area contributed by atoms with Crippen molar-refractivity contribution in [3.63, 3.8) is 0 Å². The van der Waals surface area contributed by atoms with Crippen LogP contribution in [0.15, 0.2) is 35.3 Å². The van der Waals surface area contributed by atoms with Crippen LogP contribution in [0.1, 0.15) is 31.2 Å². The van der Waals surface area contributed by atoms with E-state index in [0.29, 0.717) is 13.2 Å². The van der Waals surface area contributed by atoms with Gasteiger partial charge in [-0.2, -0.15) is 0 Å². The molecule has 0 aromatic heterocycles. The van der Waals surface area contributed by atoms with Crippen molar-refractivity contribution in [1.29, 1.82) is 0 Å². The van der Waals surface area contributed by atoms with Crippen LogP contribution in [-0.4, -0.2) is 50.0 Å². The highest BCUT2D eigenvalue weighted by Gasteiger charge is 2.43. The summed E-state index contributed by atoms with van der Waals surface area (Å²) in [5, 5.41) is 3.41. The molecule has 1 aromatic rings. The van der Waals surface area contributed by atoms with Crippen LogP contribution in [0.5, 0.6) is 0 Å². The minimum atomic E-state index is -0.286. The number of aliphatic imine (C=N–C) groups is 1. The van der Waals surface area contributed by atoms with Crippen LogP contribution >= 0.6 is 0 Å². The molecule has 1 spiro atoms. The highest BCUT2D eigenvalue weighted by molar-refractivity contribution is 5.79. The Labute approximate surface area is 138 Å². The summed E-state index contributed by atoms with van der Waals surface area (Å²) in [6, 6.07) is 10.3. The second-order valence-electron chi connectivity index (χ2n) is 6.57. The SMILES string of the molecule is CN(C)C(=NCc1ccccc1)NCC1COC2(CCCC2)O1. The largest absolute Gasteiger partial charge is 0.354 e. The van der Waals surface area contributed by atoms with E-state index in [9.17, 15) is 0 Å². The zero-order valence-corrected chi connectivity index (χ0v) is 14.1. The standard InChI is InChI=1S/C18H27N3O2/c1-21(2)17(19-12-15-8-4-3-5-9-15)20-13-16-14-22-18(23-16)10-6-7-11-18/h3-5,8-9,16H,6-7,10-14H2,1-2H3,(H,19,20). The molecule has 0 radical (unpaired) electrons. The Hall–Kier alpha value is -1.59. The molecule has 1 aromatic carbocycles. The lowest BCUT2D eigenvalue weighted by atomic mass is 10.2. The fourth-order valence-corrected chi connectivity index (χ4v) is 3.20. The van der Waals surface area contributed by atoms with E-state index in [0.717, 1.165) is 25.3 Å². The fourth-order valence-electron chi connectivity index (χ4n) is 3.20. The van der Waals surface area contributed by atoms with Gasteiger partial charge in [-0.15, -0.1) is 0 Å². The van der Waals surface area contributed by atoms with Crippen LogP contribution in [0.2, 0.25) is 0 Å². The first-order valence-electron chi connectivity index (χ1n) is 8.48. The third-order valence-corrected chi connectivity index (χ3v) is 4.44. The van der Waals surface area contributed by atoms with Crippen LogP contribution in [0.3, 0.4) is 0 Å². The third-order valence-electron chi connectivity index (χ3n) is 4.44. The van der Waals surface area contributed by atoms with E-state index < -0.39 is 0 Å². The molecule has 1 aliphatic heterocycles. The lowest BCUT2D eigenvalue weighted by Gasteiger charge is -2.23. The summed E-state index contributed by atoms with van der Waals surface area (Å²) < 4.78 is 12.1. The Morgan fingerprint density at radius 2 is 2.00 bits per heavy atom.